The normalized spacial score (nSPS) is 10.9. The van der Waals surface area contributed by atoms with E-state index in [1.54, 1.807) is 18.7 Å². The Balaban J connectivity index is 1.66. The number of nitrogens with two attached hydrogens (primary N) is 1. The van der Waals surface area contributed by atoms with Crippen molar-refractivity contribution in [1.29, 1.82) is 0 Å². The average molecular weight is 331 g/mol. The first-order valence-corrected chi connectivity index (χ1v) is 8.09. The standard InChI is InChI=1S/C20H17N3O2/c21-8-7-14-3-1-4-15(11-14)18-13-23-20(25-18)17-6-2-5-16(12-17)19-22-9-10-24-19/h1-6,9-13H,7-8,21H2. The van der Waals surface area contributed by atoms with E-state index in [-0.39, 0.29) is 0 Å². The van der Waals surface area contributed by atoms with Crippen molar-refractivity contribution in [2.75, 3.05) is 6.54 Å². The maximum Gasteiger partial charge on any atom is 0.226 e. The van der Waals surface area contributed by atoms with E-state index in [0.29, 0.717) is 18.3 Å². The molecule has 25 heavy (non-hydrogen) atoms. The van der Waals surface area contributed by atoms with Gasteiger partial charge in [-0.3, -0.25) is 0 Å². The lowest BCUT2D eigenvalue weighted by molar-refractivity contribution is 0.574. The van der Waals surface area contributed by atoms with Crippen molar-refractivity contribution in [2.24, 2.45) is 5.73 Å². The highest BCUT2D eigenvalue weighted by atomic mass is 16.4. The van der Waals surface area contributed by atoms with Crippen molar-refractivity contribution in [3.05, 3.63) is 72.8 Å². The maximum absolute atomic E-state index is 5.97. The molecule has 124 valence electrons. The SMILES string of the molecule is NCCc1cccc(-c2cnc(-c3cccc(-c4ncco4)c3)o2)c1. The molecule has 0 bridgehead atoms. The van der Waals surface area contributed by atoms with Gasteiger partial charge in [0.05, 0.1) is 12.4 Å². The fourth-order valence-corrected chi connectivity index (χ4v) is 2.74. The van der Waals surface area contributed by atoms with Crippen molar-refractivity contribution in [1.82, 2.24) is 9.97 Å². The second kappa shape index (κ2) is 6.75. The van der Waals surface area contributed by atoms with Crippen LogP contribution in [0.1, 0.15) is 5.56 Å². The molecule has 2 N–H and O–H groups in total. The van der Waals surface area contributed by atoms with Crippen molar-refractivity contribution in [3.8, 4) is 34.2 Å². The van der Waals surface area contributed by atoms with Crippen molar-refractivity contribution < 1.29 is 8.83 Å². The van der Waals surface area contributed by atoms with E-state index in [9.17, 15) is 0 Å². The molecule has 0 fully saturated rings. The van der Waals surface area contributed by atoms with Crippen LogP contribution in [-0.2, 0) is 6.42 Å². The molecule has 0 radical (unpaired) electrons. The number of benzene rings is 2. The van der Waals surface area contributed by atoms with Gasteiger partial charge in [0.2, 0.25) is 11.8 Å². The summed E-state index contributed by atoms with van der Waals surface area (Å²) in [6.07, 6.45) is 5.76. The molecule has 2 aromatic heterocycles. The fourth-order valence-electron chi connectivity index (χ4n) is 2.74. The Bertz CT molecular complexity index is 974. The van der Waals surface area contributed by atoms with E-state index in [4.69, 9.17) is 14.6 Å². The summed E-state index contributed by atoms with van der Waals surface area (Å²) in [6.45, 7) is 0.624. The molecule has 0 amide bonds. The largest absolute Gasteiger partial charge is 0.445 e. The van der Waals surface area contributed by atoms with Crippen LogP contribution in [0.5, 0.6) is 0 Å². The van der Waals surface area contributed by atoms with Gasteiger partial charge >= 0.3 is 0 Å². The molecular weight excluding hydrogens is 314 g/mol. The molecule has 0 atom stereocenters. The number of hydrogen-bond acceptors (Lipinski definition) is 5. The van der Waals surface area contributed by atoms with Gasteiger partial charge in [-0.25, -0.2) is 9.97 Å². The molecule has 0 spiro atoms. The summed E-state index contributed by atoms with van der Waals surface area (Å²) < 4.78 is 11.3. The van der Waals surface area contributed by atoms with Crippen LogP contribution >= 0.6 is 0 Å². The van der Waals surface area contributed by atoms with Crippen LogP contribution in [0.3, 0.4) is 0 Å². The highest BCUT2D eigenvalue weighted by molar-refractivity contribution is 5.66. The number of rotatable bonds is 5. The van der Waals surface area contributed by atoms with E-state index in [2.05, 4.69) is 22.1 Å². The smallest absolute Gasteiger partial charge is 0.226 e. The lowest BCUT2D eigenvalue weighted by Crippen LogP contribution is -2.02. The zero-order chi connectivity index (χ0) is 17.1. The third-order valence-corrected chi connectivity index (χ3v) is 3.94. The predicted molar refractivity (Wildman–Crippen MR) is 95.6 cm³/mol. The molecule has 2 aromatic carbocycles. The summed E-state index contributed by atoms with van der Waals surface area (Å²) in [4.78, 5) is 8.59. The van der Waals surface area contributed by atoms with E-state index in [1.807, 2.05) is 36.4 Å². The summed E-state index contributed by atoms with van der Waals surface area (Å²) in [5, 5.41) is 0. The lowest BCUT2D eigenvalue weighted by Gasteiger charge is -2.02. The zero-order valence-electron chi connectivity index (χ0n) is 13.6. The minimum absolute atomic E-state index is 0.563. The molecule has 0 aliphatic heterocycles. The first-order valence-electron chi connectivity index (χ1n) is 8.09. The molecule has 5 nitrogen and oxygen atoms in total. The van der Waals surface area contributed by atoms with Crippen LogP contribution in [0.25, 0.3) is 34.2 Å². The third-order valence-electron chi connectivity index (χ3n) is 3.94. The minimum atomic E-state index is 0.563. The van der Waals surface area contributed by atoms with Gasteiger partial charge in [-0.2, -0.15) is 0 Å². The Kier molecular flexibility index (Phi) is 4.14. The van der Waals surface area contributed by atoms with E-state index in [1.165, 1.54) is 5.56 Å². The number of nitrogens with zero attached hydrogens (tertiary/aromatic N) is 2. The van der Waals surface area contributed by atoms with Crippen LogP contribution in [0.4, 0.5) is 0 Å². The zero-order valence-corrected chi connectivity index (χ0v) is 13.6. The number of oxazole rings is 2. The van der Waals surface area contributed by atoms with Crippen LogP contribution in [-0.4, -0.2) is 16.5 Å². The second-order valence-corrected chi connectivity index (χ2v) is 5.69. The maximum atomic E-state index is 5.97. The molecule has 0 aliphatic rings. The Labute approximate surface area is 145 Å². The predicted octanol–water partition coefficient (Wildman–Crippen LogP) is 4.16. The average Bonchev–Trinajstić information content (AvgIpc) is 3.35. The van der Waals surface area contributed by atoms with Crippen molar-refractivity contribution in [2.45, 2.75) is 6.42 Å². The van der Waals surface area contributed by atoms with Crippen LogP contribution in [0.2, 0.25) is 0 Å². The fraction of sp³-hybridized carbons (Fsp3) is 0.100. The number of aromatic nitrogens is 2. The van der Waals surface area contributed by atoms with Gasteiger partial charge in [0.1, 0.15) is 6.26 Å². The van der Waals surface area contributed by atoms with E-state index < -0.39 is 0 Å². The Morgan fingerprint density at radius 3 is 2.48 bits per heavy atom. The molecule has 4 rings (SSSR count). The Morgan fingerprint density at radius 2 is 1.68 bits per heavy atom. The molecular formula is C20H17N3O2. The van der Waals surface area contributed by atoms with Crippen LogP contribution in [0, 0.1) is 0 Å². The van der Waals surface area contributed by atoms with Gasteiger partial charge in [-0.15, -0.1) is 0 Å². The van der Waals surface area contributed by atoms with Crippen LogP contribution in [0.15, 0.2) is 76.0 Å². The lowest BCUT2D eigenvalue weighted by atomic mass is 10.1. The summed E-state index contributed by atoms with van der Waals surface area (Å²) in [7, 11) is 0. The summed E-state index contributed by atoms with van der Waals surface area (Å²) in [5.74, 6) is 1.87. The first kappa shape index (κ1) is 15.4. The van der Waals surface area contributed by atoms with Gasteiger partial charge in [-0.1, -0.05) is 24.3 Å². The molecule has 0 saturated carbocycles. The van der Waals surface area contributed by atoms with Crippen LogP contribution < -0.4 is 5.73 Å². The Morgan fingerprint density at radius 1 is 0.880 bits per heavy atom. The quantitative estimate of drug-likeness (QED) is 0.594. The third kappa shape index (κ3) is 3.22. The second-order valence-electron chi connectivity index (χ2n) is 5.69. The van der Waals surface area contributed by atoms with Gasteiger partial charge < -0.3 is 14.6 Å². The van der Waals surface area contributed by atoms with Crippen molar-refractivity contribution >= 4 is 0 Å². The molecule has 0 unspecified atom stereocenters. The molecule has 0 aliphatic carbocycles. The molecule has 5 heteroatoms. The van der Waals surface area contributed by atoms with E-state index >= 15 is 0 Å². The number of hydrogen-bond donors (Lipinski definition) is 1. The monoisotopic (exact) mass is 331 g/mol. The van der Waals surface area contributed by atoms with Gasteiger partial charge in [0.25, 0.3) is 0 Å². The van der Waals surface area contributed by atoms with Gasteiger partial charge in [0, 0.05) is 16.7 Å². The molecule has 0 saturated heterocycles. The molecule has 4 aromatic rings. The minimum Gasteiger partial charge on any atom is -0.445 e. The summed E-state index contributed by atoms with van der Waals surface area (Å²) in [6, 6.07) is 15.9. The topological polar surface area (TPSA) is 78.1 Å². The summed E-state index contributed by atoms with van der Waals surface area (Å²) >= 11 is 0. The van der Waals surface area contributed by atoms with E-state index in [0.717, 1.165) is 28.9 Å². The van der Waals surface area contributed by atoms with Gasteiger partial charge in [0.15, 0.2) is 5.76 Å². The Hall–Kier alpha value is -3.18. The molecule has 2 heterocycles. The highest BCUT2D eigenvalue weighted by Gasteiger charge is 2.11. The van der Waals surface area contributed by atoms with Crippen molar-refractivity contribution in [3.63, 3.8) is 0 Å². The first-order chi connectivity index (χ1) is 12.3. The van der Waals surface area contributed by atoms with Gasteiger partial charge in [-0.05, 0) is 42.8 Å². The highest BCUT2D eigenvalue weighted by Crippen LogP contribution is 2.29. The summed E-state index contributed by atoms with van der Waals surface area (Å²) in [5.41, 5.74) is 9.57.